The van der Waals surface area contributed by atoms with Crippen LogP contribution < -0.4 is 5.73 Å². The SMILES string of the molecule is CC(C(=O)O)C(N)c1ccc(F)cc1F. The smallest absolute Gasteiger partial charge is 0.308 e. The van der Waals surface area contributed by atoms with Crippen molar-refractivity contribution >= 4 is 5.97 Å². The molecule has 1 aromatic rings. The van der Waals surface area contributed by atoms with Gasteiger partial charge in [-0.05, 0) is 6.07 Å². The summed E-state index contributed by atoms with van der Waals surface area (Å²) in [5.74, 6) is -3.58. The van der Waals surface area contributed by atoms with E-state index in [1.54, 1.807) is 0 Å². The number of nitrogens with two attached hydrogens (primary N) is 1. The van der Waals surface area contributed by atoms with Gasteiger partial charge in [-0.3, -0.25) is 4.79 Å². The van der Waals surface area contributed by atoms with E-state index >= 15 is 0 Å². The normalized spacial score (nSPS) is 14.7. The van der Waals surface area contributed by atoms with Gasteiger partial charge in [0.1, 0.15) is 11.6 Å². The van der Waals surface area contributed by atoms with Gasteiger partial charge in [0.25, 0.3) is 0 Å². The van der Waals surface area contributed by atoms with Crippen LogP contribution in [0.15, 0.2) is 18.2 Å². The molecule has 0 aliphatic heterocycles. The van der Waals surface area contributed by atoms with E-state index in [0.717, 1.165) is 12.1 Å². The monoisotopic (exact) mass is 215 g/mol. The summed E-state index contributed by atoms with van der Waals surface area (Å²) in [6, 6.07) is 1.91. The highest BCUT2D eigenvalue weighted by Gasteiger charge is 2.23. The minimum Gasteiger partial charge on any atom is -0.481 e. The molecule has 82 valence electrons. The number of hydrogen-bond acceptors (Lipinski definition) is 2. The fraction of sp³-hybridized carbons (Fsp3) is 0.300. The third-order valence-corrected chi connectivity index (χ3v) is 2.25. The second-order valence-electron chi connectivity index (χ2n) is 3.32. The third-order valence-electron chi connectivity index (χ3n) is 2.25. The fourth-order valence-electron chi connectivity index (χ4n) is 1.19. The lowest BCUT2D eigenvalue weighted by Gasteiger charge is -2.16. The van der Waals surface area contributed by atoms with Crippen LogP contribution in [-0.2, 0) is 4.79 Å². The van der Waals surface area contributed by atoms with Crippen LogP contribution >= 0.6 is 0 Å². The molecule has 0 aliphatic rings. The van der Waals surface area contributed by atoms with E-state index in [1.807, 2.05) is 0 Å². The largest absolute Gasteiger partial charge is 0.481 e. The average molecular weight is 215 g/mol. The van der Waals surface area contributed by atoms with Gasteiger partial charge in [0.15, 0.2) is 0 Å². The minimum absolute atomic E-state index is 0.00583. The molecule has 2 unspecified atom stereocenters. The quantitative estimate of drug-likeness (QED) is 0.806. The maximum absolute atomic E-state index is 13.2. The van der Waals surface area contributed by atoms with E-state index in [9.17, 15) is 13.6 Å². The molecule has 1 rings (SSSR count). The number of benzene rings is 1. The first-order valence-corrected chi connectivity index (χ1v) is 4.37. The van der Waals surface area contributed by atoms with E-state index in [0.29, 0.717) is 6.07 Å². The Morgan fingerprint density at radius 2 is 2.07 bits per heavy atom. The number of rotatable bonds is 3. The third kappa shape index (κ3) is 2.50. The van der Waals surface area contributed by atoms with Crippen molar-refractivity contribution in [2.24, 2.45) is 11.7 Å². The zero-order valence-electron chi connectivity index (χ0n) is 8.08. The molecule has 0 spiro atoms. The summed E-state index contributed by atoms with van der Waals surface area (Å²) < 4.78 is 25.8. The number of hydrogen-bond donors (Lipinski definition) is 2. The molecule has 0 bridgehead atoms. The predicted molar refractivity (Wildman–Crippen MR) is 50.1 cm³/mol. The van der Waals surface area contributed by atoms with E-state index in [-0.39, 0.29) is 5.56 Å². The van der Waals surface area contributed by atoms with Gasteiger partial charge >= 0.3 is 5.97 Å². The van der Waals surface area contributed by atoms with Crippen molar-refractivity contribution in [3.8, 4) is 0 Å². The Morgan fingerprint density at radius 1 is 1.47 bits per heavy atom. The molecule has 1 aromatic carbocycles. The van der Waals surface area contributed by atoms with Crippen LogP contribution in [0.1, 0.15) is 18.5 Å². The summed E-state index contributed by atoms with van der Waals surface area (Å²) in [5, 5.41) is 8.68. The van der Waals surface area contributed by atoms with Gasteiger partial charge in [0.2, 0.25) is 0 Å². The summed E-state index contributed by atoms with van der Waals surface area (Å²) in [4.78, 5) is 10.6. The minimum atomic E-state index is -1.12. The Labute approximate surface area is 85.5 Å². The number of aliphatic carboxylic acids is 1. The molecule has 0 aromatic heterocycles. The molecule has 3 N–H and O–H groups in total. The first-order chi connectivity index (χ1) is 6.93. The van der Waals surface area contributed by atoms with Gasteiger partial charge in [-0.15, -0.1) is 0 Å². The zero-order valence-corrected chi connectivity index (χ0v) is 8.08. The number of carbonyl (C=O) groups is 1. The molecular formula is C10H11F2NO2. The van der Waals surface area contributed by atoms with Crippen molar-refractivity contribution in [3.05, 3.63) is 35.4 Å². The molecule has 0 saturated carbocycles. The molecule has 3 nitrogen and oxygen atoms in total. The molecule has 5 heteroatoms. The van der Waals surface area contributed by atoms with Gasteiger partial charge in [0, 0.05) is 17.7 Å². The van der Waals surface area contributed by atoms with Crippen molar-refractivity contribution in [3.63, 3.8) is 0 Å². The van der Waals surface area contributed by atoms with Crippen molar-refractivity contribution in [2.45, 2.75) is 13.0 Å². The molecule has 0 aliphatic carbocycles. The Morgan fingerprint density at radius 3 is 2.53 bits per heavy atom. The van der Waals surface area contributed by atoms with Crippen LogP contribution in [0.25, 0.3) is 0 Å². The topological polar surface area (TPSA) is 63.3 Å². The lowest BCUT2D eigenvalue weighted by molar-refractivity contribution is -0.141. The van der Waals surface area contributed by atoms with E-state index < -0.39 is 29.6 Å². The lowest BCUT2D eigenvalue weighted by atomic mass is 9.95. The molecule has 0 fully saturated rings. The van der Waals surface area contributed by atoms with Crippen molar-refractivity contribution < 1.29 is 18.7 Å². The highest BCUT2D eigenvalue weighted by atomic mass is 19.1. The van der Waals surface area contributed by atoms with Gasteiger partial charge in [-0.2, -0.15) is 0 Å². The first-order valence-electron chi connectivity index (χ1n) is 4.37. The Kier molecular flexibility index (Phi) is 3.36. The number of halogens is 2. The highest BCUT2D eigenvalue weighted by Crippen LogP contribution is 2.22. The predicted octanol–water partition coefficient (Wildman–Crippen LogP) is 1.69. The summed E-state index contributed by atoms with van der Waals surface area (Å²) in [5.41, 5.74) is 5.55. The number of carboxylic acids is 1. The van der Waals surface area contributed by atoms with E-state index in [4.69, 9.17) is 10.8 Å². The highest BCUT2D eigenvalue weighted by molar-refractivity contribution is 5.70. The van der Waals surface area contributed by atoms with Crippen LogP contribution in [0.5, 0.6) is 0 Å². The summed E-state index contributed by atoms with van der Waals surface area (Å²) in [6.07, 6.45) is 0. The molecule has 0 amide bonds. The summed E-state index contributed by atoms with van der Waals surface area (Å²) >= 11 is 0. The number of carboxylic acid groups (broad SMARTS) is 1. The molecule has 0 radical (unpaired) electrons. The van der Waals surface area contributed by atoms with Crippen LogP contribution in [0, 0.1) is 17.6 Å². The van der Waals surface area contributed by atoms with Crippen molar-refractivity contribution in [1.82, 2.24) is 0 Å². The summed E-state index contributed by atoms with van der Waals surface area (Å²) in [7, 11) is 0. The molecule has 2 atom stereocenters. The van der Waals surface area contributed by atoms with Crippen molar-refractivity contribution in [2.75, 3.05) is 0 Å². The van der Waals surface area contributed by atoms with Crippen LogP contribution in [0.2, 0.25) is 0 Å². The van der Waals surface area contributed by atoms with Crippen molar-refractivity contribution in [1.29, 1.82) is 0 Å². The molecular weight excluding hydrogens is 204 g/mol. The Hall–Kier alpha value is -1.49. The van der Waals surface area contributed by atoms with Crippen LogP contribution in [0.4, 0.5) is 8.78 Å². The molecule has 15 heavy (non-hydrogen) atoms. The molecule has 0 heterocycles. The fourth-order valence-corrected chi connectivity index (χ4v) is 1.19. The second kappa shape index (κ2) is 4.35. The first kappa shape index (κ1) is 11.6. The lowest BCUT2D eigenvalue weighted by Crippen LogP contribution is -2.26. The maximum Gasteiger partial charge on any atom is 0.308 e. The van der Waals surface area contributed by atoms with Gasteiger partial charge < -0.3 is 10.8 Å². The van der Waals surface area contributed by atoms with E-state index in [1.165, 1.54) is 6.92 Å². The maximum atomic E-state index is 13.2. The average Bonchev–Trinajstić information content (AvgIpc) is 2.15. The van der Waals surface area contributed by atoms with Gasteiger partial charge in [-0.25, -0.2) is 8.78 Å². The van der Waals surface area contributed by atoms with Crippen LogP contribution in [0.3, 0.4) is 0 Å². The zero-order chi connectivity index (χ0) is 11.6. The Bertz CT molecular complexity index is 382. The van der Waals surface area contributed by atoms with E-state index in [2.05, 4.69) is 0 Å². The van der Waals surface area contributed by atoms with Gasteiger partial charge in [-0.1, -0.05) is 13.0 Å². The summed E-state index contributed by atoms with van der Waals surface area (Å²) in [6.45, 7) is 1.37. The van der Waals surface area contributed by atoms with Gasteiger partial charge in [0.05, 0.1) is 5.92 Å². The second-order valence-corrected chi connectivity index (χ2v) is 3.32. The standard InChI is InChI=1S/C10H11F2NO2/c1-5(10(14)15)9(13)7-3-2-6(11)4-8(7)12/h2-5,9H,13H2,1H3,(H,14,15). The Balaban J connectivity index is 3.01. The van der Waals surface area contributed by atoms with Crippen LogP contribution in [-0.4, -0.2) is 11.1 Å². The molecule has 0 saturated heterocycles.